The van der Waals surface area contributed by atoms with Crippen molar-refractivity contribution in [1.82, 2.24) is 9.97 Å². The van der Waals surface area contributed by atoms with Gasteiger partial charge in [0.1, 0.15) is 5.82 Å². The molecule has 0 atom stereocenters. The molecule has 1 aromatic rings. The number of aryl methyl sites for hydroxylation is 1. The van der Waals surface area contributed by atoms with Crippen LogP contribution < -0.4 is 16.2 Å². The van der Waals surface area contributed by atoms with Gasteiger partial charge in [0.15, 0.2) is 0 Å². The second-order valence-corrected chi connectivity index (χ2v) is 2.74. The van der Waals surface area contributed by atoms with E-state index in [9.17, 15) is 0 Å². The Balaban J connectivity index is 3.08. The van der Waals surface area contributed by atoms with Crippen molar-refractivity contribution in [2.45, 2.75) is 6.92 Å². The third-order valence-corrected chi connectivity index (χ3v) is 1.50. The average Bonchev–Trinajstić information content (AvgIpc) is 2.05. The van der Waals surface area contributed by atoms with Crippen LogP contribution in [-0.4, -0.2) is 24.1 Å². The molecular formula is C7H13N5. The van der Waals surface area contributed by atoms with E-state index in [1.54, 1.807) is 6.20 Å². The highest BCUT2D eigenvalue weighted by atomic mass is 15.3. The SMILES string of the molecule is Cc1cnc(NN)nc1N(C)C. The van der Waals surface area contributed by atoms with Crippen LogP contribution in [0.25, 0.3) is 0 Å². The first kappa shape index (κ1) is 8.73. The van der Waals surface area contributed by atoms with E-state index in [0.29, 0.717) is 5.95 Å². The molecule has 5 nitrogen and oxygen atoms in total. The number of nitrogens with two attached hydrogens (primary N) is 1. The maximum absolute atomic E-state index is 5.18. The van der Waals surface area contributed by atoms with Crippen LogP contribution in [-0.2, 0) is 0 Å². The Morgan fingerprint density at radius 3 is 2.67 bits per heavy atom. The molecule has 1 aromatic heterocycles. The third kappa shape index (κ3) is 1.62. The van der Waals surface area contributed by atoms with Crippen LogP contribution in [0.3, 0.4) is 0 Å². The molecule has 1 rings (SSSR count). The second-order valence-electron chi connectivity index (χ2n) is 2.74. The fourth-order valence-electron chi connectivity index (χ4n) is 0.955. The molecule has 12 heavy (non-hydrogen) atoms. The number of anilines is 2. The van der Waals surface area contributed by atoms with Crippen LogP contribution in [0.1, 0.15) is 5.56 Å². The predicted octanol–water partition coefficient (Wildman–Crippen LogP) is 0.137. The van der Waals surface area contributed by atoms with Crippen molar-refractivity contribution in [2.75, 3.05) is 24.4 Å². The van der Waals surface area contributed by atoms with Crippen molar-refractivity contribution in [1.29, 1.82) is 0 Å². The highest BCUT2D eigenvalue weighted by Crippen LogP contribution is 2.13. The first-order valence-corrected chi connectivity index (χ1v) is 3.62. The number of aromatic nitrogens is 2. The van der Waals surface area contributed by atoms with E-state index in [2.05, 4.69) is 15.4 Å². The molecule has 0 aromatic carbocycles. The van der Waals surface area contributed by atoms with Gasteiger partial charge in [-0.15, -0.1) is 0 Å². The molecule has 0 aliphatic carbocycles. The number of rotatable bonds is 2. The van der Waals surface area contributed by atoms with Crippen molar-refractivity contribution in [2.24, 2.45) is 5.84 Å². The summed E-state index contributed by atoms with van der Waals surface area (Å²) in [6.45, 7) is 1.95. The highest BCUT2D eigenvalue weighted by Gasteiger charge is 2.03. The number of hydrazine groups is 1. The van der Waals surface area contributed by atoms with Crippen LogP contribution in [0, 0.1) is 6.92 Å². The minimum atomic E-state index is 0.435. The fourth-order valence-corrected chi connectivity index (χ4v) is 0.955. The van der Waals surface area contributed by atoms with E-state index < -0.39 is 0 Å². The minimum Gasteiger partial charge on any atom is -0.362 e. The van der Waals surface area contributed by atoms with Crippen LogP contribution >= 0.6 is 0 Å². The van der Waals surface area contributed by atoms with Crippen molar-refractivity contribution in [3.8, 4) is 0 Å². The molecule has 1 heterocycles. The number of nitrogen functional groups attached to an aromatic ring is 1. The fraction of sp³-hybridized carbons (Fsp3) is 0.429. The predicted molar refractivity (Wildman–Crippen MR) is 48.9 cm³/mol. The van der Waals surface area contributed by atoms with Crippen molar-refractivity contribution in [3.05, 3.63) is 11.8 Å². The summed E-state index contributed by atoms with van der Waals surface area (Å²) in [6, 6.07) is 0. The Morgan fingerprint density at radius 2 is 2.17 bits per heavy atom. The summed E-state index contributed by atoms with van der Waals surface area (Å²) in [4.78, 5) is 10.0. The van der Waals surface area contributed by atoms with Crippen LogP contribution in [0.15, 0.2) is 6.20 Å². The summed E-state index contributed by atoms with van der Waals surface area (Å²) in [5.41, 5.74) is 3.43. The molecule has 3 N–H and O–H groups in total. The van der Waals surface area contributed by atoms with E-state index in [0.717, 1.165) is 11.4 Å². The maximum atomic E-state index is 5.18. The van der Waals surface area contributed by atoms with Crippen LogP contribution in [0.4, 0.5) is 11.8 Å². The van der Waals surface area contributed by atoms with Gasteiger partial charge < -0.3 is 4.90 Å². The largest absolute Gasteiger partial charge is 0.362 e. The molecule has 0 unspecified atom stereocenters. The van der Waals surface area contributed by atoms with E-state index in [1.165, 1.54) is 0 Å². The zero-order chi connectivity index (χ0) is 9.14. The van der Waals surface area contributed by atoms with Crippen LogP contribution in [0.2, 0.25) is 0 Å². The summed E-state index contributed by atoms with van der Waals surface area (Å²) in [6.07, 6.45) is 1.73. The summed E-state index contributed by atoms with van der Waals surface area (Å²) in [5.74, 6) is 6.48. The number of nitrogens with zero attached hydrogens (tertiary/aromatic N) is 3. The molecular weight excluding hydrogens is 154 g/mol. The van der Waals surface area contributed by atoms with Gasteiger partial charge in [-0.1, -0.05) is 0 Å². The minimum absolute atomic E-state index is 0.435. The van der Waals surface area contributed by atoms with Gasteiger partial charge in [-0.2, -0.15) is 4.98 Å². The van der Waals surface area contributed by atoms with Gasteiger partial charge in [-0.3, -0.25) is 5.43 Å². The lowest BCUT2D eigenvalue weighted by atomic mass is 10.3. The molecule has 0 aliphatic heterocycles. The van der Waals surface area contributed by atoms with E-state index >= 15 is 0 Å². The summed E-state index contributed by atoms with van der Waals surface area (Å²) >= 11 is 0. The molecule has 0 aliphatic rings. The average molecular weight is 167 g/mol. The second kappa shape index (κ2) is 3.36. The molecule has 0 saturated carbocycles. The van der Waals surface area contributed by atoms with E-state index in [4.69, 9.17) is 5.84 Å². The van der Waals surface area contributed by atoms with Crippen molar-refractivity contribution < 1.29 is 0 Å². The molecule has 0 radical (unpaired) electrons. The number of hydrogen-bond acceptors (Lipinski definition) is 5. The Labute approximate surface area is 71.6 Å². The summed E-state index contributed by atoms with van der Waals surface area (Å²) < 4.78 is 0. The zero-order valence-corrected chi connectivity index (χ0v) is 7.50. The molecule has 0 spiro atoms. The number of nitrogens with one attached hydrogen (secondary N) is 1. The van der Waals surface area contributed by atoms with E-state index in [1.807, 2.05) is 25.9 Å². The summed E-state index contributed by atoms with van der Waals surface area (Å²) in [5, 5.41) is 0. The molecule has 0 saturated heterocycles. The van der Waals surface area contributed by atoms with Gasteiger partial charge in [0.05, 0.1) is 0 Å². The van der Waals surface area contributed by atoms with Crippen molar-refractivity contribution >= 4 is 11.8 Å². The zero-order valence-electron chi connectivity index (χ0n) is 7.50. The van der Waals surface area contributed by atoms with Gasteiger partial charge in [-0.05, 0) is 6.92 Å². The normalized spacial score (nSPS) is 9.67. The molecule has 0 amide bonds. The van der Waals surface area contributed by atoms with Crippen LogP contribution in [0.5, 0.6) is 0 Å². The van der Waals surface area contributed by atoms with Crippen molar-refractivity contribution in [3.63, 3.8) is 0 Å². The standard InChI is InChI=1S/C7H13N5/c1-5-4-9-7(11-8)10-6(5)12(2)3/h4H,8H2,1-3H3,(H,9,10,11). The third-order valence-electron chi connectivity index (χ3n) is 1.50. The first-order valence-electron chi connectivity index (χ1n) is 3.62. The Morgan fingerprint density at radius 1 is 1.50 bits per heavy atom. The molecule has 0 fully saturated rings. The lowest BCUT2D eigenvalue weighted by Crippen LogP contribution is -2.16. The molecule has 5 heteroatoms. The monoisotopic (exact) mass is 167 g/mol. The first-order chi connectivity index (χ1) is 5.65. The smallest absolute Gasteiger partial charge is 0.239 e. The Kier molecular flexibility index (Phi) is 2.44. The van der Waals surface area contributed by atoms with Gasteiger partial charge >= 0.3 is 0 Å². The van der Waals surface area contributed by atoms with Gasteiger partial charge in [0.25, 0.3) is 0 Å². The quantitative estimate of drug-likeness (QED) is 0.484. The maximum Gasteiger partial charge on any atom is 0.239 e. The highest BCUT2D eigenvalue weighted by molar-refractivity contribution is 5.47. The van der Waals surface area contributed by atoms with Gasteiger partial charge in [-0.25, -0.2) is 10.8 Å². The lowest BCUT2D eigenvalue weighted by Gasteiger charge is -2.14. The van der Waals surface area contributed by atoms with E-state index in [-0.39, 0.29) is 0 Å². The Bertz CT molecular complexity index is 270. The molecule has 66 valence electrons. The van der Waals surface area contributed by atoms with Gasteiger partial charge in [0.2, 0.25) is 5.95 Å². The lowest BCUT2D eigenvalue weighted by molar-refractivity contribution is 1.01. The van der Waals surface area contributed by atoms with Gasteiger partial charge in [0, 0.05) is 25.9 Å². The summed E-state index contributed by atoms with van der Waals surface area (Å²) in [7, 11) is 3.85. The Hall–Kier alpha value is -1.36. The number of hydrogen-bond donors (Lipinski definition) is 2. The molecule has 0 bridgehead atoms. The topological polar surface area (TPSA) is 67.1 Å².